The van der Waals surface area contributed by atoms with Gasteiger partial charge < -0.3 is 0 Å². The summed E-state index contributed by atoms with van der Waals surface area (Å²) in [7, 11) is 0. The summed E-state index contributed by atoms with van der Waals surface area (Å²) in [4.78, 5) is 0. The van der Waals surface area contributed by atoms with E-state index < -0.39 is 0 Å². The minimum absolute atomic E-state index is 0.264. The second kappa shape index (κ2) is 5.46. The zero-order valence-electron chi connectivity index (χ0n) is 10.9. The molecule has 16 heavy (non-hydrogen) atoms. The van der Waals surface area contributed by atoms with Gasteiger partial charge in [0.1, 0.15) is 0 Å². The molecule has 0 radical (unpaired) electrons. The molecule has 1 unspecified atom stereocenters. The van der Waals surface area contributed by atoms with Gasteiger partial charge in [-0.3, -0.25) is 11.3 Å². The number of rotatable bonds is 4. The number of hydrogen-bond acceptors (Lipinski definition) is 2. The molecule has 0 spiro atoms. The summed E-state index contributed by atoms with van der Waals surface area (Å²) in [5.74, 6) is 5.62. The molecular weight excluding hydrogens is 196 g/mol. The molecule has 0 bridgehead atoms. The lowest BCUT2D eigenvalue weighted by molar-refractivity contribution is 0.333. The zero-order chi connectivity index (χ0) is 12.2. The molecule has 0 aliphatic heterocycles. The lowest BCUT2D eigenvalue weighted by Crippen LogP contribution is -2.28. The molecule has 90 valence electrons. The van der Waals surface area contributed by atoms with Crippen LogP contribution in [0.1, 0.15) is 50.8 Å². The third-order valence-electron chi connectivity index (χ3n) is 2.86. The monoisotopic (exact) mass is 220 g/mol. The van der Waals surface area contributed by atoms with Crippen molar-refractivity contribution in [3.8, 4) is 0 Å². The van der Waals surface area contributed by atoms with Crippen LogP contribution in [-0.2, 0) is 0 Å². The highest BCUT2D eigenvalue weighted by Gasteiger charge is 2.15. The fourth-order valence-corrected chi connectivity index (χ4v) is 1.72. The topological polar surface area (TPSA) is 38.0 Å². The number of nitrogens with one attached hydrogen (secondary N) is 1. The highest BCUT2D eigenvalue weighted by Crippen LogP contribution is 2.26. The first-order valence-corrected chi connectivity index (χ1v) is 5.95. The summed E-state index contributed by atoms with van der Waals surface area (Å²) in [5.41, 5.74) is 5.83. The molecule has 2 heteroatoms. The predicted molar refractivity (Wildman–Crippen MR) is 69.9 cm³/mol. The summed E-state index contributed by atoms with van der Waals surface area (Å²) < 4.78 is 0. The molecule has 1 atom stereocenters. The third-order valence-corrected chi connectivity index (χ3v) is 2.86. The molecule has 0 heterocycles. The Balaban J connectivity index is 2.64. The molecule has 1 aromatic carbocycles. The minimum atomic E-state index is 0.264. The van der Waals surface area contributed by atoms with Gasteiger partial charge in [-0.1, -0.05) is 50.6 Å². The van der Waals surface area contributed by atoms with Crippen molar-refractivity contribution in [1.29, 1.82) is 0 Å². The Hall–Kier alpha value is -0.860. The van der Waals surface area contributed by atoms with Gasteiger partial charge in [0.15, 0.2) is 0 Å². The molecule has 1 rings (SSSR count). The number of nitrogens with two attached hydrogens (primary N) is 1. The Morgan fingerprint density at radius 1 is 1.19 bits per heavy atom. The van der Waals surface area contributed by atoms with Crippen LogP contribution in [0.2, 0.25) is 0 Å². The Morgan fingerprint density at radius 2 is 1.75 bits per heavy atom. The lowest BCUT2D eigenvalue weighted by Gasteiger charge is -2.23. The van der Waals surface area contributed by atoms with Crippen molar-refractivity contribution in [3.63, 3.8) is 0 Å². The molecule has 0 fully saturated rings. The van der Waals surface area contributed by atoms with E-state index >= 15 is 0 Å². The van der Waals surface area contributed by atoms with Crippen molar-refractivity contribution >= 4 is 0 Å². The molecule has 0 saturated carbocycles. The van der Waals surface area contributed by atoms with Crippen molar-refractivity contribution in [2.45, 2.75) is 46.6 Å². The Kier molecular flexibility index (Phi) is 4.51. The molecule has 0 amide bonds. The van der Waals surface area contributed by atoms with Crippen LogP contribution >= 0.6 is 0 Å². The molecule has 0 aliphatic carbocycles. The van der Waals surface area contributed by atoms with Crippen molar-refractivity contribution in [1.82, 2.24) is 5.43 Å². The highest BCUT2D eigenvalue weighted by atomic mass is 15.2. The maximum atomic E-state index is 5.62. The molecule has 2 nitrogen and oxygen atoms in total. The van der Waals surface area contributed by atoms with Gasteiger partial charge in [0.25, 0.3) is 0 Å². The summed E-state index contributed by atoms with van der Waals surface area (Å²) in [6, 6.07) is 8.85. The van der Waals surface area contributed by atoms with Gasteiger partial charge in [0.2, 0.25) is 0 Å². The SMILES string of the molecule is Cc1ccc(C(CCC(C)(C)C)NN)cc1. The van der Waals surface area contributed by atoms with E-state index in [1.54, 1.807) is 0 Å². The van der Waals surface area contributed by atoms with E-state index in [4.69, 9.17) is 5.84 Å². The normalized spacial score (nSPS) is 13.8. The Bertz CT molecular complexity index is 309. The zero-order valence-corrected chi connectivity index (χ0v) is 10.9. The van der Waals surface area contributed by atoms with E-state index in [1.165, 1.54) is 11.1 Å². The smallest absolute Gasteiger partial charge is 0.0460 e. The molecule has 3 N–H and O–H groups in total. The number of benzene rings is 1. The lowest BCUT2D eigenvalue weighted by atomic mass is 9.87. The standard InChI is InChI=1S/C14H24N2/c1-11-5-7-12(8-6-11)13(16-15)9-10-14(2,3)4/h5-8,13,16H,9-10,15H2,1-4H3. The van der Waals surface area contributed by atoms with Crippen molar-refractivity contribution in [2.24, 2.45) is 11.3 Å². The fourth-order valence-electron chi connectivity index (χ4n) is 1.72. The summed E-state index contributed by atoms with van der Waals surface area (Å²) in [5, 5.41) is 0. The average Bonchev–Trinajstić information content (AvgIpc) is 2.20. The highest BCUT2D eigenvalue weighted by molar-refractivity contribution is 5.23. The third kappa shape index (κ3) is 4.33. The van der Waals surface area contributed by atoms with Crippen LogP contribution in [-0.4, -0.2) is 0 Å². The molecular formula is C14H24N2. The number of hydrazine groups is 1. The van der Waals surface area contributed by atoms with Gasteiger partial charge >= 0.3 is 0 Å². The van der Waals surface area contributed by atoms with Crippen molar-refractivity contribution in [3.05, 3.63) is 35.4 Å². The second-order valence-corrected chi connectivity index (χ2v) is 5.73. The van der Waals surface area contributed by atoms with Crippen LogP contribution in [0.25, 0.3) is 0 Å². The number of hydrogen-bond donors (Lipinski definition) is 2. The molecule has 0 aliphatic rings. The maximum Gasteiger partial charge on any atom is 0.0460 e. The maximum absolute atomic E-state index is 5.62. The van der Waals surface area contributed by atoms with E-state index in [0.29, 0.717) is 5.41 Å². The second-order valence-electron chi connectivity index (χ2n) is 5.73. The van der Waals surface area contributed by atoms with E-state index in [0.717, 1.165) is 12.8 Å². The summed E-state index contributed by atoms with van der Waals surface area (Å²) in [6.45, 7) is 8.88. The van der Waals surface area contributed by atoms with E-state index in [-0.39, 0.29) is 6.04 Å². The van der Waals surface area contributed by atoms with Gasteiger partial charge in [0, 0.05) is 6.04 Å². The largest absolute Gasteiger partial charge is 0.271 e. The van der Waals surface area contributed by atoms with Crippen LogP contribution in [0.3, 0.4) is 0 Å². The van der Waals surface area contributed by atoms with E-state index in [1.807, 2.05) is 0 Å². The van der Waals surface area contributed by atoms with Gasteiger partial charge in [0.05, 0.1) is 0 Å². The van der Waals surface area contributed by atoms with Crippen LogP contribution in [0.15, 0.2) is 24.3 Å². The van der Waals surface area contributed by atoms with Gasteiger partial charge in [-0.15, -0.1) is 0 Å². The van der Waals surface area contributed by atoms with Gasteiger partial charge in [-0.25, -0.2) is 0 Å². The Morgan fingerprint density at radius 3 is 2.19 bits per heavy atom. The number of aryl methyl sites for hydroxylation is 1. The summed E-state index contributed by atoms with van der Waals surface area (Å²) in [6.07, 6.45) is 2.23. The predicted octanol–water partition coefficient (Wildman–Crippen LogP) is 3.33. The Labute approximate surface area is 99.2 Å². The van der Waals surface area contributed by atoms with Gasteiger partial charge in [-0.2, -0.15) is 0 Å². The van der Waals surface area contributed by atoms with Crippen LogP contribution in [0.5, 0.6) is 0 Å². The fraction of sp³-hybridized carbons (Fsp3) is 0.571. The molecule has 1 aromatic rings. The first-order chi connectivity index (χ1) is 7.42. The molecule has 0 saturated heterocycles. The van der Waals surface area contributed by atoms with Crippen LogP contribution < -0.4 is 11.3 Å². The van der Waals surface area contributed by atoms with Crippen LogP contribution in [0.4, 0.5) is 0 Å². The minimum Gasteiger partial charge on any atom is -0.271 e. The first-order valence-electron chi connectivity index (χ1n) is 5.95. The quantitative estimate of drug-likeness (QED) is 0.603. The van der Waals surface area contributed by atoms with E-state index in [2.05, 4.69) is 57.4 Å². The van der Waals surface area contributed by atoms with Gasteiger partial charge in [-0.05, 0) is 30.7 Å². The molecule has 0 aromatic heterocycles. The average molecular weight is 220 g/mol. The van der Waals surface area contributed by atoms with Crippen LogP contribution in [0, 0.1) is 12.3 Å². The van der Waals surface area contributed by atoms with Crippen molar-refractivity contribution in [2.75, 3.05) is 0 Å². The summed E-state index contributed by atoms with van der Waals surface area (Å²) >= 11 is 0. The van der Waals surface area contributed by atoms with Crippen molar-refractivity contribution < 1.29 is 0 Å². The van der Waals surface area contributed by atoms with E-state index in [9.17, 15) is 0 Å². The first kappa shape index (κ1) is 13.2.